The number of thiazole rings is 1. The number of esters is 1. The van der Waals surface area contributed by atoms with Gasteiger partial charge < -0.3 is 10.1 Å². The Morgan fingerprint density at radius 2 is 1.80 bits per heavy atom. The molecule has 0 aliphatic carbocycles. The van der Waals surface area contributed by atoms with Gasteiger partial charge in [-0.2, -0.15) is 0 Å². The fraction of sp³-hybridized carbons (Fsp3) is 0.292. The van der Waals surface area contributed by atoms with Crippen LogP contribution in [-0.2, 0) is 27.2 Å². The molecular formula is C24H26N2O3S. The van der Waals surface area contributed by atoms with Gasteiger partial charge in [0, 0.05) is 17.5 Å². The number of rotatable bonds is 9. The van der Waals surface area contributed by atoms with Crippen LogP contribution in [0.4, 0.5) is 0 Å². The SMILES string of the molecule is CC(C)c1ccc(-c2nc(CC(=O)OCC(=O)NCCc3ccccc3)cs2)cc1. The number of hydrogen-bond acceptors (Lipinski definition) is 5. The largest absolute Gasteiger partial charge is 0.455 e. The van der Waals surface area contributed by atoms with Gasteiger partial charge in [-0.05, 0) is 23.5 Å². The second-order valence-electron chi connectivity index (χ2n) is 7.34. The van der Waals surface area contributed by atoms with Crippen LogP contribution in [-0.4, -0.2) is 30.0 Å². The van der Waals surface area contributed by atoms with E-state index in [1.807, 2.05) is 35.7 Å². The van der Waals surface area contributed by atoms with Crippen molar-refractivity contribution in [3.05, 3.63) is 76.8 Å². The predicted octanol–water partition coefficient (Wildman–Crippen LogP) is 4.38. The summed E-state index contributed by atoms with van der Waals surface area (Å²) in [5.74, 6) is -0.278. The Hall–Kier alpha value is -2.99. The standard InChI is InChI=1S/C24H26N2O3S/c1-17(2)19-8-10-20(11-9-19)24-26-21(16-30-24)14-23(28)29-15-22(27)25-13-12-18-6-4-3-5-7-18/h3-11,16-17H,12-15H2,1-2H3,(H,25,27). The van der Waals surface area contributed by atoms with Gasteiger partial charge in [-0.25, -0.2) is 4.98 Å². The van der Waals surface area contributed by atoms with Gasteiger partial charge in [0.05, 0.1) is 12.1 Å². The summed E-state index contributed by atoms with van der Waals surface area (Å²) in [7, 11) is 0. The highest BCUT2D eigenvalue weighted by Crippen LogP contribution is 2.26. The maximum atomic E-state index is 12.0. The maximum absolute atomic E-state index is 12.0. The number of carbonyl (C=O) groups is 2. The smallest absolute Gasteiger partial charge is 0.312 e. The molecule has 0 radical (unpaired) electrons. The van der Waals surface area contributed by atoms with E-state index in [4.69, 9.17) is 4.74 Å². The molecule has 0 spiro atoms. The molecule has 30 heavy (non-hydrogen) atoms. The first-order valence-electron chi connectivity index (χ1n) is 10.0. The molecule has 2 aromatic carbocycles. The molecule has 6 heteroatoms. The molecule has 0 aliphatic heterocycles. The van der Waals surface area contributed by atoms with E-state index >= 15 is 0 Å². The minimum atomic E-state index is -0.458. The van der Waals surface area contributed by atoms with Crippen molar-refractivity contribution < 1.29 is 14.3 Å². The summed E-state index contributed by atoms with van der Waals surface area (Å²) in [6.45, 7) is 4.55. The maximum Gasteiger partial charge on any atom is 0.312 e. The van der Waals surface area contributed by atoms with E-state index in [2.05, 4.69) is 48.4 Å². The third-order valence-corrected chi connectivity index (χ3v) is 5.58. The van der Waals surface area contributed by atoms with Crippen molar-refractivity contribution in [1.82, 2.24) is 10.3 Å². The minimum absolute atomic E-state index is 0.0534. The Kier molecular flexibility index (Phi) is 7.74. The van der Waals surface area contributed by atoms with E-state index in [-0.39, 0.29) is 18.9 Å². The molecule has 1 heterocycles. The summed E-state index contributed by atoms with van der Waals surface area (Å²) in [6, 6.07) is 18.2. The van der Waals surface area contributed by atoms with Crippen molar-refractivity contribution in [1.29, 1.82) is 0 Å². The first-order valence-corrected chi connectivity index (χ1v) is 10.9. The van der Waals surface area contributed by atoms with Crippen molar-refractivity contribution in [2.75, 3.05) is 13.2 Å². The lowest BCUT2D eigenvalue weighted by Gasteiger charge is -2.06. The van der Waals surface area contributed by atoms with Crippen LogP contribution in [0.1, 0.15) is 36.6 Å². The summed E-state index contributed by atoms with van der Waals surface area (Å²) in [5.41, 5.74) is 4.10. The van der Waals surface area contributed by atoms with Gasteiger partial charge in [-0.3, -0.25) is 9.59 Å². The van der Waals surface area contributed by atoms with Crippen molar-refractivity contribution in [3.63, 3.8) is 0 Å². The zero-order valence-electron chi connectivity index (χ0n) is 17.3. The van der Waals surface area contributed by atoms with Gasteiger partial charge in [0.15, 0.2) is 6.61 Å². The Balaban J connectivity index is 1.41. The third kappa shape index (κ3) is 6.52. The number of aromatic nitrogens is 1. The van der Waals surface area contributed by atoms with E-state index in [1.165, 1.54) is 16.9 Å². The first kappa shape index (κ1) is 21.7. The number of nitrogens with zero attached hydrogens (tertiary/aromatic N) is 1. The van der Waals surface area contributed by atoms with Crippen LogP contribution in [0.25, 0.3) is 10.6 Å². The molecule has 0 fully saturated rings. The van der Waals surface area contributed by atoms with E-state index in [9.17, 15) is 9.59 Å². The molecule has 1 amide bonds. The van der Waals surface area contributed by atoms with Crippen molar-refractivity contribution >= 4 is 23.2 Å². The predicted molar refractivity (Wildman–Crippen MR) is 119 cm³/mol. The van der Waals surface area contributed by atoms with E-state index in [1.54, 1.807) is 0 Å². The lowest BCUT2D eigenvalue weighted by Crippen LogP contribution is -2.30. The number of amides is 1. The number of benzene rings is 2. The zero-order valence-corrected chi connectivity index (χ0v) is 18.1. The molecule has 0 aliphatic rings. The molecule has 0 saturated carbocycles. The summed E-state index contributed by atoms with van der Waals surface area (Å²) in [6.07, 6.45) is 0.790. The molecule has 156 valence electrons. The lowest BCUT2D eigenvalue weighted by atomic mass is 10.0. The zero-order chi connectivity index (χ0) is 21.3. The first-order chi connectivity index (χ1) is 14.5. The van der Waals surface area contributed by atoms with Crippen LogP contribution < -0.4 is 5.32 Å². The molecule has 3 aromatic rings. The van der Waals surface area contributed by atoms with Gasteiger partial charge in [0.25, 0.3) is 5.91 Å². The highest BCUT2D eigenvalue weighted by Gasteiger charge is 2.12. The molecule has 0 bridgehead atoms. The number of nitrogens with one attached hydrogen (secondary N) is 1. The van der Waals surface area contributed by atoms with E-state index < -0.39 is 5.97 Å². The minimum Gasteiger partial charge on any atom is -0.455 e. The second-order valence-corrected chi connectivity index (χ2v) is 8.20. The molecular weight excluding hydrogens is 396 g/mol. The molecule has 0 saturated heterocycles. The summed E-state index contributed by atoms with van der Waals surface area (Å²) in [5, 5.41) is 5.48. The second kappa shape index (κ2) is 10.7. The van der Waals surface area contributed by atoms with E-state index in [0.29, 0.717) is 18.2 Å². The fourth-order valence-electron chi connectivity index (χ4n) is 2.92. The molecule has 3 rings (SSSR count). The van der Waals surface area contributed by atoms with Crippen molar-refractivity contribution in [2.24, 2.45) is 0 Å². The summed E-state index contributed by atoms with van der Waals surface area (Å²) >= 11 is 1.49. The number of hydrogen-bond donors (Lipinski definition) is 1. The fourth-order valence-corrected chi connectivity index (χ4v) is 3.74. The van der Waals surface area contributed by atoms with Crippen LogP contribution in [0.3, 0.4) is 0 Å². The Bertz CT molecular complexity index is 966. The van der Waals surface area contributed by atoms with Crippen LogP contribution in [0.2, 0.25) is 0 Å². The van der Waals surface area contributed by atoms with Gasteiger partial charge in [-0.1, -0.05) is 68.4 Å². The van der Waals surface area contributed by atoms with Crippen LogP contribution >= 0.6 is 11.3 Å². The third-order valence-electron chi connectivity index (χ3n) is 4.64. The quantitative estimate of drug-likeness (QED) is 0.520. The van der Waals surface area contributed by atoms with Gasteiger partial charge in [-0.15, -0.1) is 11.3 Å². The molecule has 1 N–H and O–H groups in total. The number of ether oxygens (including phenoxy) is 1. The Morgan fingerprint density at radius 3 is 2.50 bits per heavy atom. The van der Waals surface area contributed by atoms with Gasteiger partial charge in [0.2, 0.25) is 0 Å². The number of carbonyl (C=O) groups excluding carboxylic acids is 2. The van der Waals surface area contributed by atoms with Crippen LogP contribution in [0.5, 0.6) is 0 Å². The molecule has 5 nitrogen and oxygen atoms in total. The highest BCUT2D eigenvalue weighted by atomic mass is 32.1. The van der Waals surface area contributed by atoms with Crippen LogP contribution in [0.15, 0.2) is 60.0 Å². The lowest BCUT2D eigenvalue weighted by molar-refractivity contribution is -0.147. The molecule has 0 unspecified atom stereocenters. The van der Waals surface area contributed by atoms with Gasteiger partial charge >= 0.3 is 5.97 Å². The average Bonchev–Trinajstić information content (AvgIpc) is 3.21. The average molecular weight is 423 g/mol. The van der Waals surface area contributed by atoms with Crippen molar-refractivity contribution in [3.8, 4) is 10.6 Å². The topological polar surface area (TPSA) is 68.3 Å². The van der Waals surface area contributed by atoms with Crippen LogP contribution in [0, 0.1) is 0 Å². The molecule has 0 atom stereocenters. The monoisotopic (exact) mass is 422 g/mol. The summed E-state index contributed by atoms with van der Waals surface area (Å²) in [4.78, 5) is 28.4. The normalized spacial score (nSPS) is 10.8. The molecule has 1 aromatic heterocycles. The van der Waals surface area contributed by atoms with E-state index in [0.717, 1.165) is 22.6 Å². The van der Waals surface area contributed by atoms with Crippen molar-refractivity contribution in [2.45, 2.75) is 32.6 Å². The highest BCUT2D eigenvalue weighted by molar-refractivity contribution is 7.13. The Labute approximate surface area is 181 Å². The van der Waals surface area contributed by atoms with Gasteiger partial charge in [0.1, 0.15) is 5.01 Å². The Morgan fingerprint density at radius 1 is 1.07 bits per heavy atom. The summed E-state index contributed by atoms with van der Waals surface area (Å²) < 4.78 is 5.08.